The fourth-order valence-electron chi connectivity index (χ4n) is 6.05. The van der Waals surface area contributed by atoms with Crippen molar-refractivity contribution in [3.8, 4) is 11.4 Å². The quantitative estimate of drug-likeness (QED) is 0.427. The van der Waals surface area contributed by atoms with Crippen molar-refractivity contribution in [3.05, 3.63) is 96.6 Å². The van der Waals surface area contributed by atoms with Crippen LogP contribution in [-0.4, -0.2) is 87.7 Å². The maximum atomic E-state index is 13.2. The molecule has 228 valence electrons. The highest BCUT2D eigenvalue weighted by Gasteiger charge is 2.31. The Morgan fingerprint density at radius 2 is 1.67 bits per heavy atom. The van der Waals surface area contributed by atoms with E-state index >= 15 is 0 Å². The van der Waals surface area contributed by atoms with E-state index in [9.17, 15) is 14.8 Å². The summed E-state index contributed by atoms with van der Waals surface area (Å²) in [6.07, 6.45) is 10.7. The van der Waals surface area contributed by atoms with Gasteiger partial charge in [0.05, 0.1) is 18.2 Å². The normalized spacial score (nSPS) is 19.4. The van der Waals surface area contributed by atoms with E-state index in [1.165, 1.54) is 12.4 Å². The van der Waals surface area contributed by atoms with Gasteiger partial charge in [-0.3, -0.25) is 19.7 Å². The number of hydrogen-bond donors (Lipinski definition) is 2. The summed E-state index contributed by atoms with van der Waals surface area (Å²) in [5.74, 6) is 0.557. The van der Waals surface area contributed by atoms with Crippen molar-refractivity contribution in [1.29, 1.82) is 0 Å². The molecular weight excluding hydrogens is 570 g/mol. The lowest BCUT2D eigenvalue weighted by Gasteiger charge is -2.36. The lowest BCUT2D eigenvalue weighted by Crippen LogP contribution is -2.51. The number of carbonyl (C=O) groups is 2. The summed E-state index contributed by atoms with van der Waals surface area (Å²) in [4.78, 5) is 41.3. The van der Waals surface area contributed by atoms with Crippen LogP contribution in [0.3, 0.4) is 0 Å². The molecule has 2 amide bonds. The largest absolute Gasteiger partial charge is 0.368 e. The summed E-state index contributed by atoms with van der Waals surface area (Å²) < 4.78 is 0. The Labute approximate surface area is 260 Å². The first-order valence-corrected chi connectivity index (χ1v) is 15.1. The molecule has 0 spiro atoms. The predicted molar refractivity (Wildman–Crippen MR) is 169 cm³/mol. The Kier molecular flexibility index (Phi) is 7.89. The molecule has 2 aromatic carbocycles. The van der Waals surface area contributed by atoms with Gasteiger partial charge in [0.25, 0.3) is 0 Å². The summed E-state index contributed by atoms with van der Waals surface area (Å²) in [6.45, 7) is 4.44. The molecular formula is C33H33N9O3. The van der Waals surface area contributed by atoms with Gasteiger partial charge >= 0.3 is 0 Å². The molecule has 3 aromatic rings. The molecule has 0 saturated carbocycles. The molecule has 1 atom stereocenters. The van der Waals surface area contributed by atoms with E-state index in [0.29, 0.717) is 56.4 Å². The number of anilines is 2. The van der Waals surface area contributed by atoms with E-state index in [4.69, 9.17) is 0 Å². The highest BCUT2D eigenvalue weighted by atomic mass is 16.5. The Hall–Kier alpha value is -5.20. The topological polar surface area (TPSA) is 130 Å². The summed E-state index contributed by atoms with van der Waals surface area (Å²) in [6, 6.07) is 15.6. The molecule has 0 unspecified atom stereocenters. The third-order valence-electron chi connectivity index (χ3n) is 8.55. The number of fused-ring (bicyclic) bond motifs is 1. The van der Waals surface area contributed by atoms with Gasteiger partial charge in [-0.05, 0) is 73.6 Å². The Morgan fingerprint density at radius 3 is 2.42 bits per heavy atom. The van der Waals surface area contributed by atoms with Crippen LogP contribution in [-0.2, 0) is 9.59 Å². The van der Waals surface area contributed by atoms with Gasteiger partial charge < -0.3 is 15.1 Å². The number of aromatic nitrogens is 2. The van der Waals surface area contributed by atoms with Crippen molar-refractivity contribution >= 4 is 34.6 Å². The minimum Gasteiger partial charge on any atom is -0.368 e. The summed E-state index contributed by atoms with van der Waals surface area (Å²) in [5.41, 5.74) is 5.82. The van der Waals surface area contributed by atoms with Crippen molar-refractivity contribution < 1.29 is 14.8 Å². The number of benzene rings is 2. The molecule has 0 aliphatic carbocycles. The standard InChI is InChI=1S/C33H33N9O3/c43-30(41-18-16-40(17-19-41)27-5-2-24(3-6-27)32-34-11-1-12-35-32)22-39-13-8-25(21-39)33(44)36-26-4-7-29-28(20-26)31(38-37-29)23-9-14-42(45)15-10-23/h1-7,9-12,14-15,20,25,45H,8,13,16-19,21-22H2,(H,36,44)/t25-/m1/s1. The van der Waals surface area contributed by atoms with E-state index in [1.807, 2.05) is 35.2 Å². The molecule has 4 aliphatic heterocycles. The lowest BCUT2D eigenvalue weighted by atomic mass is 10.0. The minimum atomic E-state index is -0.195. The molecule has 0 bridgehead atoms. The number of hydrogen-bond acceptors (Lipinski definition) is 10. The number of rotatable bonds is 6. The number of hydroxylamine groups is 2. The van der Waals surface area contributed by atoms with E-state index in [2.05, 4.69) is 47.4 Å². The number of piperazine rings is 1. The Bertz CT molecular complexity index is 1690. The van der Waals surface area contributed by atoms with Gasteiger partial charge in [0.1, 0.15) is 5.70 Å². The molecule has 2 fully saturated rings. The van der Waals surface area contributed by atoms with E-state index in [0.717, 1.165) is 46.2 Å². The van der Waals surface area contributed by atoms with E-state index < -0.39 is 0 Å². The van der Waals surface area contributed by atoms with Crippen LogP contribution in [0.5, 0.6) is 0 Å². The molecule has 12 nitrogen and oxygen atoms in total. The zero-order chi connectivity index (χ0) is 30.8. The summed E-state index contributed by atoms with van der Waals surface area (Å²) >= 11 is 0. The van der Waals surface area contributed by atoms with Gasteiger partial charge in [-0.15, -0.1) is 10.2 Å². The molecule has 2 N–H and O–H groups in total. The lowest BCUT2D eigenvalue weighted by molar-refractivity contribution is -0.132. The average molecular weight is 604 g/mol. The second kappa shape index (κ2) is 12.4. The van der Waals surface area contributed by atoms with Crippen LogP contribution < -0.4 is 10.2 Å². The predicted octanol–water partition coefficient (Wildman–Crippen LogP) is 4.29. The first-order valence-electron chi connectivity index (χ1n) is 15.1. The SMILES string of the molecule is O=C(Nc1ccc2c(c1)C(=C1C=CN(O)C=C1)N=N2)[C@@H]1CCN(CC(=O)N2CCN(c3ccc(-c4ncccn4)cc3)CC2)C1. The second-order valence-electron chi connectivity index (χ2n) is 11.4. The van der Waals surface area contributed by atoms with Crippen molar-refractivity contribution in [3.63, 3.8) is 0 Å². The highest BCUT2D eigenvalue weighted by Crippen LogP contribution is 2.39. The first kappa shape index (κ1) is 28.6. The van der Waals surface area contributed by atoms with Crippen LogP contribution in [0.2, 0.25) is 0 Å². The third kappa shape index (κ3) is 6.24. The number of amides is 2. The van der Waals surface area contributed by atoms with Crippen molar-refractivity contribution in [1.82, 2.24) is 24.8 Å². The molecule has 45 heavy (non-hydrogen) atoms. The van der Waals surface area contributed by atoms with Gasteiger partial charge in [0, 0.05) is 85.6 Å². The second-order valence-corrected chi connectivity index (χ2v) is 11.4. The van der Waals surface area contributed by atoms with Gasteiger partial charge in [0.15, 0.2) is 5.82 Å². The molecule has 1 aromatic heterocycles. The van der Waals surface area contributed by atoms with Crippen LogP contribution in [0.4, 0.5) is 17.1 Å². The molecule has 7 rings (SSSR count). The van der Waals surface area contributed by atoms with Crippen LogP contribution in [0, 0.1) is 5.92 Å². The Morgan fingerprint density at radius 1 is 0.911 bits per heavy atom. The van der Waals surface area contributed by atoms with Gasteiger partial charge in [-0.2, -0.15) is 0 Å². The zero-order valence-electron chi connectivity index (χ0n) is 24.7. The van der Waals surface area contributed by atoms with E-state index in [-0.39, 0.29) is 17.7 Å². The maximum Gasteiger partial charge on any atom is 0.236 e. The number of azo groups is 1. The third-order valence-corrected chi connectivity index (χ3v) is 8.55. The highest BCUT2D eigenvalue weighted by molar-refractivity contribution is 5.94. The molecule has 2 saturated heterocycles. The number of allylic oxidation sites excluding steroid dienone is 3. The summed E-state index contributed by atoms with van der Waals surface area (Å²) in [7, 11) is 0. The average Bonchev–Trinajstić information content (AvgIpc) is 3.73. The number of carbonyl (C=O) groups excluding carboxylic acids is 2. The van der Waals surface area contributed by atoms with Gasteiger partial charge in [0.2, 0.25) is 11.8 Å². The van der Waals surface area contributed by atoms with Gasteiger partial charge in [-0.25, -0.2) is 15.0 Å². The van der Waals surface area contributed by atoms with Crippen LogP contribution in [0.1, 0.15) is 12.0 Å². The van der Waals surface area contributed by atoms with Crippen molar-refractivity contribution in [2.75, 3.05) is 56.0 Å². The molecule has 5 heterocycles. The van der Waals surface area contributed by atoms with E-state index in [1.54, 1.807) is 30.6 Å². The number of nitrogens with zero attached hydrogens (tertiary/aromatic N) is 8. The Balaban J connectivity index is 0.891. The molecule has 0 radical (unpaired) electrons. The van der Waals surface area contributed by atoms with Crippen LogP contribution >= 0.6 is 0 Å². The maximum absolute atomic E-state index is 13.2. The van der Waals surface area contributed by atoms with Crippen molar-refractivity contribution in [2.45, 2.75) is 6.42 Å². The number of nitrogens with one attached hydrogen (secondary N) is 1. The fraction of sp³-hybridized carbons (Fsp3) is 0.273. The summed E-state index contributed by atoms with van der Waals surface area (Å²) in [5, 5.41) is 22.1. The number of likely N-dealkylation sites (tertiary alicyclic amines) is 1. The monoisotopic (exact) mass is 603 g/mol. The minimum absolute atomic E-state index is 0.0576. The van der Waals surface area contributed by atoms with Crippen LogP contribution in [0.15, 0.2) is 101 Å². The van der Waals surface area contributed by atoms with Crippen molar-refractivity contribution in [2.24, 2.45) is 16.1 Å². The zero-order valence-corrected chi connectivity index (χ0v) is 24.7. The molecule has 12 heteroatoms. The fourth-order valence-corrected chi connectivity index (χ4v) is 6.05. The van der Waals surface area contributed by atoms with Crippen LogP contribution in [0.25, 0.3) is 17.1 Å². The smallest absolute Gasteiger partial charge is 0.236 e. The molecule has 4 aliphatic rings. The first-order chi connectivity index (χ1) is 22.0. The van der Waals surface area contributed by atoms with Gasteiger partial charge in [-0.1, -0.05) is 0 Å².